The molecule has 1 saturated heterocycles. The van der Waals surface area contributed by atoms with Gasteiger partial charge in [-0.15, -0.1) is 0 Å². The van der Waals surface area contributed by atoms with E-state index in [2.05, 4.69) is 52.3 Å². The summed E-state index contributed by atoms with van der Waals surface area (Å²) in [6.07, 6.45) is 18.0. The maximum absolute atomic E-state index is 14.4. The number of likely N-dealkylation sites (tertiary alicyclic amines) is 1. The third-order valence-electron chi connectivity index (χ3n) is 13.4. The van der Waals surface area contributed by atoms with E-state index in [9.17, 15) is 9.90 Å². The van der Waals surface area contributed by atoms with Gasteiger partial charge in [0.15, 0.2) is 11.5 Å². The van der Waals surface area contributed by atoms with Crippen molar-refractivity contribution >= 4 is 5.91 Å². The summed E-state index contributed by atoms with van der Waals surface area (Å²) in [5.74, 6) is 3.95. The van der Waals surface area contributed by atoms with Gasteiger partial charge in [-0.3, -0.25) is 9.69 Å². The molecule has 6 nitrogen and oxygen atoms in total. The number of aliphatic hydroxyl groups excluding tert-OH is 1. The lowest BCUT2D eigenvalue weighted by molar-refractivity contribution is -0.143. The number of aliphatic hydroxyl groups is 1. The Morgan fingerprint density at radius 1 is 1.04 bits per heavy atom. The van der Waals surface area contributed by atoms with Gasteiger partial charge in [-0.05, 0) is 86.9 Å². The van der Waals surface area contributed by atoms with Crippen molar-refractivity contribution in [3.63, 3.8) is 0 Å². The highest BCUT2D eigenvalue weighted by molar-refractivity contribution is 5.77. The molecule has 4 aliphatic carbocycles. The van der Waals surface area contributed by atoms with Gasteiger partial charge in [0.25, 0.3) is 0 Å². The second kappa shape index (κ2) is 13.4. The van der Waals surface area contributed by atoms with Gasteiger partial charge in [0.2, 0.25) is 5.91 Å². The fourth-order valence-electron chi connectivity index (χ4n) is 10.9. The maximum Gasteiger partial charge on any atom is 0.222 e. The number of hydrogen-bond acceptors (Lipinski definition) is 5. The van der Waals surface area contributed by atoms with Crippen LogP contribution in [0.3, 0.4) is 0 Å². The number of benzene rings is 2. The van der Waals surface area contributed by atoms with E-state index >= 15 is 0 Å². The van der Waals surface area contributed by atoms with Gasteiger partial charge in [0, 0.05) is 42.4 Å². The molecule has 254 valence electrons. The number of piperidine rings is 1. The smallest absolute Gasteiger partial charge is 0.222 e. The normalized spacial score (nSPS) is 32.4. The Kier molecular flexibility index (Phi) is 9.02. The number of rotatable bonds is 13. The summed E-state index contributed by atoms with van der Waals surface area (Å²) in [5, 5.41) is 10.2. The van der Waals surface area contributed by atoms with E-state index in [-0.39, 0.29) is 23.7 Å². The average molecular weight is 641 g/mol. The summed E-state index contributed by atoms with van der Waals surface area (Å²) >= 11 is 0. The number of hydrogen-bond donors (Lipinski definition) is 1. The molecule has 8 rings (SSSR count). The topological polar surface area (TPSA) is 62.2 Å². The first kappa shape index (κ1) is 31.7. The van der Waals surface area contributed by atoms with Crippen molar-refractivity contribution < 1.29 is 19.4 Å². The van der Waals surface area contributed by atoms with Gasteiger partial charge >= 0.3 is 0 Å². The number of amides is 1. The highest BCUT2D eigenvalue weighted by atomic mass is 16.5. The highest BCUT2D eigenvalue weighted by Crippen LogP contribution is 2.64. The van der Waals surface area contributed by atoms with Crippen LogP contribution in [0.4, 0.5) is 0 Å². The second-order valence-corrected chi connectivity index (χ2v) is 16.0. The molecule has 7 atom stereocenters. The predicted molar refractivity (Wildman–Crippen MR) is 185 cm³/mol. The van der Waals surface area contributed by atoms with Crippen LogP contribution < -0.4 is 9.47 Å². The summed E-state index contributed by atoms with van der Waals surface area (Å²) in [4.78, 5) is 19.4. The predicted octanol–water partition coefficient (Wildman–Crippen LogP) is 7.09. The van der Waals surface area contributed by atoms with Gasteiger partial charge in [-0.2, -0.15) is 0 Å². The minimum atomic E-state index is -0.117. The van der Waals surface area contributed by atoms with Crippen LogP contribution in [0.1, 0.15) is 107 Å². The van der Waals surface area contributed by atoms with Crippen molar-refractivity contribution in [1.29, 1.82) is 0 Å². The summed E-state index contributed by atoms with van der Waals surface area (Å²) < 4.78 is 13.1. The Morgan fingerprint density at radius 2 is 1.87 bits per heavy atom. The summed E-state index contributed by atoms with van der Waals surface area (Å²) in [6.45, 7) is 2.84. The lowest BCUT2D eigenvalue weighted by atomic mass is 9.51. The van der Waals surface area contributed by atoms with Crippen LogP contribution in [0.5, 0.6) is 11.5 Å². The van der Waals surface area contributed by atoms with Crippen LogP contribution >= 0.6 is 0 Å². The first-order valence-electron chi connectivity index (χ1n) is 19.2. The summed E-state index contributed by atoms with van der Waals surface area (Å²) in [6, 6.07) is 15.7. The SMILES string of the molecule is COc1ccc2c3c1O[C@H]1[C@H](N(CCCc4ccccc4)C(=O)CCCCC4CCCCC4)CC[C@H]4[C@@H](C2)N(CC2CC2O)CC[C@@]341. The number of ether oxygens (including phenoxy) is 2. The maximum atomic E-state index is 14.4. The van der Waals surface area contributed by atoms with Crippen molar-refractivity contribution in [2.75, 3.05) is 26.7 Å². The number of aryl methyl sites for hydroxylation is 1. The van der Waals surface area contributed by atoms with Gasteiger partial charge in [0.1, 0.15) is 6.10 Å². The molecule has 2 bridgehead atoms. The number of methoxy groups -OCH3 is 1. The van der Waals surface area contributed by atoms with Gasteiger partial charge in [-0.1, -0.05) is 81.3 Å². The average Bonchev–Trinajstić information content (AvgIpc) is 3.68. The van der Waals surface area contributed by atoms with Crippen molar-refractivity contribution in [3.05, 3.63) is 59.2 Å². The van der Waals surface area contributed by atoms with Crippen LogP contribution in [-0.2, 0) is 23.1 Å². The van der Waals surface area contributed by atoms with E-state index in [1.807, 2.05) is 0 Å². The van der Waals surface area contributed by atoms with Gasteiger partial charge in [0.05, 0.1) is 19.3 Å². The molecule has 3 saturated carbocycles. The third kappa shape index (κ3) is 5.90. The standard InChI is InChI=1S/C41H56N2O4/c1-46-36-21-18-30-25-34-32-19-20-33(40-41(32,38(30)39(36)47-40)22-24-42(34)27-31-26-35(31)44)43(23-10-16-29-13-6-3-7-14-29)37(45)17-9-8-15-28-11-4-2-5-12-28/h3,6-7,13-14,18,21,28,31-35,40,44H,2,4-5,8-12,15-17,19-20,22-27H2,1H3/t31?,32-,33+,34+,35?,40-,41-/m0/s1. The number of carbonyl (C=O) groups is 1. The molecule has 2 heterocycles. The monoisotopic (exact) mass is 640 g/mol. The van der Waals surface area contributed by atoms with Gasteiger partial charge < -0.3 is 19.5 Å². The fraction of sp³-hybridized carbons (Fsp3) is 0.683. The Hall–Kier alpha value is -2.57. The van der Waals surface area contributed by atoms with Gasteiger partial charge in [-0.25, -0.2) is 0 Å². The molecule has 1 amide bonds. The molecule has 0 radical (unpaired) electrons. The van der Waals surface area contributed by atoms with E-state index in [1.165, 1.54) is 61.6 Å². The molecule has 47 heavy (non-hydrogen) atoms. The van der Waals surface area contributed by atoms with Crippen LogP contribution in [0.25, 0.3) is 0 Å². The molecule has 2 aromatic carbocycles. The van der Waals surface area contributed by atoms with Crippen LogP contribution in [0, 0.1) is 17.8 Å². The molecular weight excluding hydrogens is 584 g/mol. The molecule has 0 aromatic heterocycles. The molecule has 2 aliphatic heterocycles. The Balaban J connectivity index is 1.05. The number of unbranched alkanes of at least 4 members (excludes halogenated alkanes) is 1. The van der Waals surface area contributed by atoms with Crippen molar-refractivity contribution in [1.82, 2.24) is 9.80 Å². The van der Waals surface area contributed by atoms with Crippen molar-refractivity contribution in [2.24, 2.45) is 17.8 Å². The van der Waals surface area contributed by atoms with Crippen LogP contribution in [0.15, 0.2) is 42.5 Å². The quantitative estimate of drug-likeness (QED) is 0.237. The van der Waals surface area contributed by atoms with Crippen LogP contribution in [-0.4, -0.2) is 71.8 Å². The Morgan fingerprint density at radius 3 is 2.66 bits per heavy atom. The van der Waals surface area contributed by atoms with Crippen LogP contribution in [0.2, 0.25) is 0 Å². The summed E-state index contributed by atoms with van der Waals surface area (Å²) in [5.41, 5.74) is 4.08. The summed E-state index contributed by atoms with van der Waals surface area (Å²) in [7, 11) is 1.76. The third-order valence-corrected chi connectivity index (χ3v) is 13.4. The first-order chi connectivity index (χ1) is 23.1. The minimum absolute atomic E-state index is 0.0364. The molecule has 6 heteroatoms. The zero-order valence-electron chi connectivity index (χ0n) is 28.6. The van der Waals surface area contributed by atoms with E-state index in [0.29, 0.717) is 30.2 Å². The van der Waals surface area contributed by atoms with E-state index in [1.54, 1.807) is 7.11 Å². The molecule has 1 spiro atoms. The second-order valence-electron chi connectivity index (χ2n) is 16.0. The Bertz CT molecular complexity index is 1410. The largest absolute Gasteiger partial charge is 0.493 e. The molecular formula is C41H56N2O4. The molecule has 1 N–H and O–H groups in total. The highest BCUT2D eigenvalue weighted by Gasteiger charge is 2.67. The Labute approximate surface area is 282 Å². The zero-order valence-corrected chi connectivity index (χ0v) is 28.6. The number of nitrogens with zero attached hydrogens (tertiary/aromatic N) is 2. The lowest BCUT2D eigenvalue weighted by Crippen LogP contribution is -2.69. The zero-order chi connectivity index (χ0) is 32.0. The fourth-order valence-corrected chi connectivity index (χ4v) is 10.9. The molecule has 2 aromatic rings. The van der Waals surface area contributed by atoms with E-state index in [4.69, 9.17) is 9.47 Å². The molecule has 4 fully saturated rings. The van der Waals surface area contributed by atoms with E-state index < -0.39 is 0 Å². The number of carbonyl (C=O) groups excluding carboxylic acids is 1. The lowest BCUT2D eigenvalue weighted by Gasteiger charge is -2.60. The first-order valence-corrected chi connectivity index (χ1v) is 19.2. The minimum Gasteiger partial charge on any atom is -0.493 e. The molecule has 6 aliphatic rings. The van der Waals surface area contributed by atoms with Crippen molar-refractivity contribution in [3.8, 4) is 11.5 Å². The van der Waals surface area contributed by atoms with Crippen molar-refractivity contribution in [2.45, 2.75) is 132 Å². The van der Waals surface area contributed by atoms with E-state index in [0.717, 1.165) is 88.4 Å². The molecule has 2 unspecified atom stereocenters.